The molecular weight excluding hydrogens is 1370 g/mol. The van der Waals surface area contributed by atoms with Gasteiger partial charge in [-0.25, -0.2) is 0 Å². The summed E-state index contributed by atoms with van der Waals surface area (Å²) in [5.74, 6) is 1.23. The van der Waals surface area contributed by atoms with Crippen LogP contribution in [0.2, 0.25) is 0 Å². The molecule has 0 saturated carbocycles. The Morgan fingerprint density at radius 1 is 0.216 bits per heavy atom. The van der Waals surface area contributed by atoms with Crippen molar-refractivity contribution in [2.75, 3.05) is 0 Å². The molecule has 111 heavy (non-hydrogen) atoms. The van der Waals surface area contributed by atoms with Crippen LogP contribution in [0.15, 0.2) is 340 Å². The Kier molecular flexibility index (Phi) is 18.3. The molecule has 0 amide bonds. The number of benzene rings is 17. The molecule has 0 heterocycles. The Morgan fingerprint density at radius 3 is 0.685 bits per heavy atom. The molecule has 17 aromatic carbocycles. The molecule has 1 aliphatic carbocycles. The summed E-state index contributed by atoms with van der Waals surface area (Å²) in [4.78, 5) is 0. The Bertz CT molecular complexity index is 5690. The topological polar surface area (TPSA) is 202 Å². The average Bonchev–Trinajstić information content (AvgIpc) is 1.54. The van der Waals surface area contributed by atoms with E-state index in [4.69, 9.17) is 0 Å². The first-order valence-corrected chi connectivity index (χ1v) is 37.1. The highest BCUT2D eigenvalue weighted by molar-refractivity contribution is 5.93. The van der Waals surface area contributed by atoms with Crippen molar-refractivity contribution in [1.29, 1.82) is 0 Å². The molecule has 0 fully saturated rings. The van der Waals surface area contributed by atoms with Gasteiger partial charge in [0, 0.05) is 59.8 Å². The molecule has 17 aromatic rings. The minimum atomic E-state index is -1.12. The fourth-order valence-corrected chi connectivity index (χ4v) is 17.0. The van der Waals surface area contributed by atoms with E-state index < -0.39 is 5.41 Å². The normalized spacial score (nSPS) is 12.2. The van der Waals surface area contributed by atoms with Crippen molar-refractivity contribution in [3.05, 3.63) is 440 Å². The van der Waals surface area contributed by atoms with Gasteiger partial charge in [-0.1, -0.05) is 267 Å². The van der Waals surface area contributed by atoms with Crippen LogP contribution in [0, 0.1) is 0 Å². The zero-order valence-electron chi connectivity index (χ0n) is 60.3. The van der Waals surface area contributed by atoms with Crippen LogP contribution in [-0.2, 0) is 31.1 Å². The lowest BCUT2D eigenvalue weighted by molar-refractivity contribution is 0.456. The highest BCUT2D eigenvalue weighted by Crippen LogP contribution is 2.58. The number of aromatic hydroxyl groups is 10. The van der Waals surface area contributed by atoms with Crippen molar-refractivity contribution in [2.45, 2.75) is 42.9 Å². The second-order valence-electron chi connectivity index (χ2n) is 28.9. The van der Waals surface area contributed by atoms with Gasteiger partial charge in [0.15, 0.2) is 0 Å². The maximum absolute atomic E-state index is 12.9. The van der Waals surface area contributed by atoms with Gasteiger partial charge in [0.05, 0.1) is 5.41 Å². The van der Waals surface area contributed by atoms with Gasteiger partial charge in [-0.05, 0) is 205 Å². The van der Waals surface area contributed by atoms with E-state index in [9.17, 15) is 51.1 Å². The average molecular weight is 1450 g/mol. The smallest absolute Gasteiger partial charge is 0.122 e. The first-order chi connectivity index (χ1) is 54.1. The van der Waals surface area contributed by atoms with E-state index in [1.165, 1.54) is 0 Å². The molecule has 10 N–H and O–H groups in total. The Balaban J connectivity index is 0.000000208. The Morgan fingerprint density at radius 2 is 0.432 bits per heavy atom. The second-order valence-corrected chi connectivity index (χ2v) is 28.9. The lowest BCUT2D eigenvalue weighted by Gasteiger charge is -2.36. The van der Waals surface area contributed by atoms with Gasteiger partial charge in [-0.3, -0.25) is 0 Å². The Hall–Kier alpha value is -14.2. The monoisotopic (exact) mass is 1450 g/mol. The van der Waals surface area contributed by atoms with Gasteiger partial charge < -0.3 is 51.1 Å². The minimum Gasteiger partial charge on any atom is -0.508 e. The number of hydrogen-bond acceptors (Lipinski definition) is 10. The van der Waals surface area contributed by atoms with Crippen LogP contribution in [0.5, 0.6) is 57.5 Å². The zero-order chi connectivity index (χ0) is 76.0. The number of hydrogen-bond donors (Lipinski definition) is 10. The fraction of sp³-hybridized carbons (Fsp3) is 0.0693. The number of phenols is 10. The molecular formula is C101H76O10. The molecule has 18 rings (SSSR count). The van der Waals surface area contributed by atoms with Crippen molar-refractivity contribution in [1.82, 2.24) is 0 Å². The molecule has 0 radical (unpaired) electrons. The molecule has 0 spiro atoms. The standard InChI is InChI=1S/C69H50O6.C32H26O4/c70-63-29-25-41-13-1-5-17-51(41)57(63)37-45-33-49(34-46(67(45)74)38-58-52-18-6-2-14-42(52)26-30-64(58)71)69(61-23-11-9-21-55(61)56-22-10-12-24-62(56)69)50-35-47(39-59-53-19-7-3-15-43(53)27-31-65(59)72)68(75)48(36-50)40-60-54-20-8-4-16-44(54)28-32-66(60)73;33-27-13-5-23(6-14-27)31(24-7-15-28(34)16-8-24)21-1-2-22(4-3-21)32(25-9-17-29(35)18-10-25)26-11-19-30(36)20-12-26/h1-36,70-75H,37-40H2;1-20,31-36H. The van der Waals surface area contributed by atoms with Crippen LogP contribution < -0.4 is 0 Å². The number of fused-ring (bicyclic) bond motifs is 7. The molecule has 0 aromatic heterocycles. The van der Waals surface area contributed by atoms with E-state index >= 15 is 0 Å². The van der Waals surface area contributed by atoms with Gasteiger partial charge in [0.1, 0.15) is 57.5 Å². The van der Waals surface area contributed by atoms with Gasteiger partial charge in [-0.15, -0.1) is 0 Å². The summed E-state index contributed by atoms with van der Waals surface area (Å²) in [6.07, 6.45) is 0.697. The highest BCUT2D eigenvalue weighted by atomic mass is 16.3. The summed E-state index contributed by atoms with van der Waals surface area (Å²) in [6, 6.07) is 108. The van der Waals surface area contributed by atoms with Crippen LogP contribution in [0.4, 0.5) is 0 Å². The minimum absolute atomic E-state index is 0.0538. The molecule has 1 aliphatic rings. The Labute approximate surface area is 641 Å². The van der Waals surface area contributed by atoms with Crippen molar-refractivity contribution >= 4 is 43.1 Å². The van der Waals surface area contributed by atoms with E-state index in [1.54, 1.807) is 72.8 Å². The predicted octanol–water partition coefficient (Wildman–Crippen LogP) is 22.1. The predicted molar refractivity (Wildman–Crippen MR) is 442 cm³/mol. The molecule has 10 nitrogen and oxygen atoms in total. The van der Waals surface area contributed by atoms with Crippen LogP contribution in [0.25, 0.3) is 54.2 Å². The first kappa shape index (κ1) is 69.8. The third kappa shape index (κ3) is 13.1. The molecule has 0 unspecified atom stereocenters. The van der Waals surface area contributed by atoms with E-state index in [1.807, 2.05) is 182 Å². The summed E-state index contributed by atoms with van der Waals surface area (Å²) in [6.45, 7) is 0. The van der Waals surface area contributed by atoms with Gasteiger partial charge >= 0.3 is 0 Å². The lowest BCUT2D eigenvalue weighted by atomic mass is 9.66. The van der Waals surface area contributed by atoms with E-state index in [-0.39, 0.29) is 95.0 Å². The summed E-state index contributed by atoms with van der Waals surface area (Å²) in [5, 5.41) is 119. The maximum atomic E-state index is 12.9. The third-order valence-corrected chi connectivity index (χ3v) is 22.4. The van der Waals surface area contributed by atoms with Crippen LogP contribution in [0.1, 0.15) is 112 Å². The van der Waals surface area contributed by atoms with Crippen LogP contribution in [0.3, 0.4) is 0 Å². The highest BCUT2D eigenvalue weighted by Gasteiger charge is 2.47. The van der Waals surface area contributed by atoms with Gasteiger partial charge in [-0.2, -0.15) is 0 Å². The van der Waals surface area contributed by atoms with Crippen molar-refractivity contribution in [3.63, 3.8) is 0 Å². The second kappa shape index (κ2) is 29.2. The maximum Gasteiger partial charge on any atom is 0.122 e. The summed E-state index contributed by atoms with van der Waals surface area (Å²) >= 11 is 0. The zero-order valence-corrected chi connectivity index (χ0v) is 60.3. The molecule has 0 saturated heterocycles. The summed E-state index contributed by atoms with van der Waals surface area (Å²) in [7, 11) is 0. The van der Waals surface area contributed by atoms with Gasteiger partial charge in [0.25, 0.3) is 0 Å². The largest absolute Gasteiger partial charge is 0.508 e. The van der Waals surface area contributed by atoms with Crippen molar-refractivity contribution in [3.8, 4) is 68.6 Å². The van der Waals surface area contributed by atoms with Crippen LogP contribution in [-0.4, -0.2) is 51.1 Å². The van der Waals surface area contributed by atoms with Crippen LogP contribution >= 0.6 is 0 Å². The van der Waals surface area contributed by atoms with E-state index in [2.05, 4.69) is 84.9 Å². The molecule has 0 bridgehead atoms. The summed E-state index contributed by atoms with van der Waals surface area (Å²) in [5.41, 5.74) is 15.8. The van der Waals surface area contributed by atoms with Crippen molar-refractivity contribution < 1.29 is 51.1 Å². The quantitative estimate of drug-likeness (QED) is 0.0415. The van der Waals surface area contributed by atoms with Gasteiger partial charge in [0.2, 0.25) is 0 Å². The molecule has 10 heteroatoms. The SMILES string of the molecule is Oc1ccc(C(c2ccc(O)cc2)c2ccc(C(c3ccc(O)cc3)c3ccc(O)cc3)cc2)cc1.Oc1ccc2ccccc2c1Cc1cc(C2(c3cc(Cc4c(O)ccc5ccccc45)c(O)c(Cc4c(O)ccc5ccccc45)c3)c3ccccc3-c3ccccc32)cc(Cc2c(O)ccc3ccccc23)c1O. The number of rotatable bonds is 16. The molecule has 0 atom stereocenters. The lowest BCUT2D eigenvalue weighted by Crippen LogP contribution is -2.29. The summed E-state index contributed by atoms with van der Waals surface area (Å²) < 4.78 is 0. The van der Waals surface area contributed by atoms with Crippen molar-refractivity contribution in [2.24, 2.45) is 0 Å². The van der Waals surface area contributed by atoms with E-state index in [0.29, 0.717) is 44.5 Å². The fourth-order valence-electron chi connectivity index (χ4n) is 17.0. The van der Waals surface area contributed by atoms with E-state index in [0.717, 1.165) is 110 Å². The third-order valence-electron chi connectivity index (χ3n) is 22.4. The molecule has 540 valence electrons. The first-order valence-electron chi connectivity index (χ1n) is 37.1. The molecule has 0 aliphatic heterocycles. The number of phenolic OH excluding ortho intramolecular Hbond substituents is 10.